The Morgan fingerprint density at radius 1 is 0.700 bits per heavy atom. The van der Waals surface area contributed by atoms with E-state index < -0.39 is 0 Å². The van der Waals surface area contributed by atoms with Gasteiger partial charge in [0.15, 0.2) is 0 Å². The summed E-state index contributed by atoms with van der Waals surface area (Å²) in [5.41, 5.74) is 0. The quantitative estimate of drug-likeness (QED) is 0.447. The van der Waals surface area contributed by atoms with Crippen molar-refractivity contribution in [3.8, 4) is 0 Å². The fourth-order valence-corrected chi connectivity index (χ4v) is 4.79. The van der Waals surface area contributed by atoms with E-state index in [1.54, 1.807) is 0 Å². The standard InChI is InChI=1S/C24H46N4O2/c1-3-23(29)25-21-13-11-17-27(19-21)15-9-7-5-6-8-10-16-28-18-12-14-22(20-28)26-24(30)4-2/h21-22H,3-20H2,1-2H3,(H,25,29)(H,26,30)/t21-,22-/m1/s1. The Hall–Kier alpha value is -1.14. The predicted molar refractivity (Wildman–Crippen MR) is 123 cm³/mol. The van der Waals surface area contributed by atoms with Gasteiger partial charge in [-0.3, -0.25) is 9.59 Å². The second-order valence-corrected chi connectivity index (χ2v) is 9.24. The highest BCUT2D eigenvalue weighted by Crippen LogP contribution is 2.14. The Labute approximate surface area is 184 Å². The number of unbranched alkanes of at least 4 members (excludes halogenated alkanes) is 5. The number of rotatable bonds is 13. The van der Waals surface area contributed by atoms with Crippen LogP contribution in [0.4, 0.5) is 0 Å². The summed E-state index contributed by atoms with van der Waals surface area (Å²) in [6.45, 7) is 10.6. The summed E-state index contributed by atoms with van der Waals surface area (Å²) in [6.07, 6.45) is 13.7. The van der Waals surface area contributed by atoms with Gasteiger partial charge in [-0.1, -0.05) is 39.5 Å². The maximum Gasteiger partial charge on any atom is 0.219 e. The molecule has 0 spiro atoms. The molecule has 2 atom stereocenters. The molecule has 2 aliphatic rings. The maximum atomic E-state index is 11.6. The molecule has 0 radical (unpaired) electrons. The number of nitrogens with zero attached hydrogens (tertiary/aromatic N) is 2. The first-order valence-corrected chi connectivity index (χ1v) is 12.6. The lowest BCUT2D eigenvalue weighted by Crippen LogP contribution is -2.47. The molecule has 2 amide bonds. The zero-order valence-electron chi connectivity index (χ0n) is 19.6. The smallest absolute Gasteiger partial charge is 0.219 e. The number of likely N-dealkylation sites (tertiary alicyclic amines) is 2. The third-order valence-electron chi connectivity index (χ3n) is 6.58. The van der Waals surface area contributed by atoms with E-state index in [0.717, 1.165) is 25.9 Å². The molecule has 0 unspecified atom stereocenters. The summed E-state index contributed by atoms with van der Waals surface area (Å²) in [5, 5.41) is 6.32. The molecular formula is C24H46N4O2. The molecule has 6 heteroatoms. The van der Waals surface area contributed by atoms with Crippen LogP contribution in [0.3, 0.4) is 0 Å². The molecule has 0 saturated carbocycles. The minimum atomic E-state index is 0.188. The molecule has 2 rings (SSSR count). The molecule has 0 aromatic rings. The lowest BCUT2D eigenvalue weighted by molar-refractivity contribution is -0.122. The van der Waals surface area contributed by atoms with Gasteiger partial charge in [0, 0.05) is 38.0 Å². The molecule has 2 fully saturated rings. The van der Waals surface area contributed by atoms with Gasteiger partial charge in [0.25, 0.3) is 0 Å². The SMILES string of the molecule is CCC(=O)N[C@@H]1CCCN(CCCCCCCCN2CCC[C@@H](NC(=O)CC)C2)C1. The van der Waals surface area contributed by atoms with Crippen LogP contribution in [-0.2, 0) is 9.59 Å². The number of hydrogen-bond acceptors (Lipinski definition) is 4. The Balaban J connectivity index is 1.44. The molecule has 2 N–H and O–H groups in total. The Bertz CT molecular complexity index is 456. The number of piperidine rings is 2. The highest BCUT2D eigenvalue weighted by Gasteiger charge is 2.21. The first-order valence-electron chi connectivity index (χ1n) is 12.6. The van der Waals surface area contributed by atoms with Crippen molar-refractivity contribution in [1.82, 2.24) is 20.4 Å². The molecule has 2 aliphatic heterocycles. The number of carbonyl (C=O) groups is 2. The van der Waals surface area contributed by atoms with Gasteiger partial charge in [-0.15, -0.1) is 0 Å². The third kappa shape index (κ3) is 10.3. The van der Waals surface area contributed by atoms with E-state index in [2.05, 4.69) is 20.4 Å². The van der Waals surface area contributed by atoms with Crippen LogP contribution < -0.4 is 10.6 Å². The lowest BCUT2D eigenvalue weighted by atomic mass is 10.0. The number of hydrogen-bond donors (Lipinski definition) is 2. The van der Waals surface area contributed by atoms with Crippen molar-refractivity contribution in [2.24, 2.45) is 0 Å². The van der Waals surface area contributed by atoms with Crippen molar-refractivity contribution in [3.05, 3.63) is 0 Å². The Morgan fingerprint density at radius 2 is 1.10 bits per heavy atom. The Kier molecular flexibility index (Phi) is 12.4. The van der Waals surface area contributed by atoms with E-state index in [1.165, 1.54) is 77.5 Å². The molecule has 0 aromatic carbocycles. The summed E-state index contributed by atoms with van der Waals surface area (Å²) in [6, 6.07) is 0.715. The van der Waals surface area contributed by atoms with Crippen molar-refractivity contribution < 1.29 is 9.59 Å². The van der Waals surface area contributed by atoms with Crippen molar-refractivity contribution >= 4 is 11.8 Å². The topological polar surface area (TPSA) is 64.7 Å². The van der Waals surface area contributed by atoms with Crippen LogP contribution in [-0.4, -0.2) is 73.0 Å². The molecule has 174 valence electrons. The summed E-state index contributed by atoms with van der Waals surface area (Å²) < 4.78 is 0. The fraction of sp³-hybridized carbons (Fsp3) is 0.917. The molecule has 2 heterocycles. The van der Waals surface area contributed by atoms with Crippen LogP contribution in [0.1, 0.15) is 90.9 Å². The normalized spacial score (nSPS) is 23.3. The van der Waals surface area contributed by atoms with Crippen LogP contribution in [0.5, 0.6) is 0 Å². The minimum absolute atomic E-state index is 0.188. The second kappa shape index (κ2) is 14.8. The van der Waals surface area contributed by atoms with E-state index >= 15 is 0 Å². The monoisotopic (exact) mass is 422 g/mol. The molecular weight excluding hydrogens is 376 g/mol. The summed E-state index contributed by atoms with van der Waals surface area (Å²) in [4.78, 5) is 28.3. The third-order valence-corrected chi connectivity index (χ3v) is 6.58. The second-order valence-electron chi connectivity index (χ2n) is 9.24. The van der Waals surface area contributed by atoms with E-state index in [4.69, 9.17) is 0 Å². The summed E-state index contributed by atoms with van der Waals surface area (Å²) in [5.74, 6) is 0.375. The first-order chi connectivity index (χ1) is 14.6. The molecule has 2 saturated heterocycles. The van der Waals surface area contributed by atoms with Gasteiger partial charge in [0.2, 0.25) is 11.8 Å². The minimum Gasteiger partial charge on any atom is -0.352 e. The van der Waals surface area contributed by atoms with Crippen LogP contribution in [0.25, 0.3) is 0 Å². The van der Waals surface area contributed by atoms with Crippen molar-refractivity contribution in [3.63, 3.8) is 0 Å². The molecule has 0 aliphatic carbocycles. The number of carbonyl (C=O) groups excluding carboxylic acids is 2. The zero-order chi connectivity index (χ0) is 21.6. The lowest BCUT2D eigenvalue weighted by Gasteiger charge is -2.33. The van der Waals surface area contributed by atoms with Gasteiger partial charge < -0.3 is 20.4 Å². The van der Waals surface area contributed by atoms with E-state index in [0.29, 0.717) is 24.9 Å². The average Bonchev–Trinajstić information content (AvgIpc) is 2.76. The van der Waals surface area contributed by atoms with Crippen LogP contribution in [0.15, 0.2) is 0 Å². The van der Waals surface area contributed by atoms with Crippen molar-refractivity contribution in [1.29, 1.82) is 0 Å². The van der Waals surface area contributed by atoms with Gasteiger partial charge in [-0.25, -0.2) is 0 Å². The average molecular weight is 423 g/mol. The van der Waals surface area contributed by atoms with Crippen LogP contribution >= 0.6 is 0 Å². The zero-order valence-corrected chi connectivity index (χ0v) is 19.6. The fourth-order valence-electron chi connectivity index (χ4n) is 4.79. The van der Waals surface area contributed by atoms with Crippen molar-refractivity contribution in [2.75, 3.05) is 39.3 Å². The van der Waals surface area contributed by atoms with Crippen molar-refractivity contribution in [2.45, 2.75) is 103 Å². The molecule has 0 aromatic heterocycles. The van der Waals surface area contributed by atoms with Crippen LogP contribution in [0.2, 0.25) is 0 Å². The first kappa shape index (κ1) is 25.1. The number of amides is 2. The highest BCUT2D eigenvalue weighted by atomic mass is 16.2. The van der Waals surface area contributed by atoms with Gasteiger partial charge in [0.05, 0.1) is 0 Å². The summed E-state index contributed by atoms with van der Waals surface area (Å²) in [7, 11) is 0. The van der Waals surface area contributed by atoms with Crippen LogP contribution in [0, 0.1) is 0 Å². The predicted octanol–water partition coefficient (Wildman–Crippen LogP) is 3.31. The maximum absolute atomic E-state index is 11.6. The number of nitrogens with one attached hydrogen (secondary N) is 2. The highest BCUT2D eigenvalue weighted by molar-refractivity contribution is 5.76. The van der Waals surface area contributed by atoms with Gasteiger partial charge in [-0.2, -0.15) is 0 Å². The summed E-state index contributed by atoms with van der Waals surface area (Å²) >= 11 is 0. The molecule has 30 heavy (non-hydrogen) atoms. The van der Waals surface area contributed by atoms with E-state index in [9.17, 15) is 9.59 Å². The van der Waals surface area contributed by atoms with E-state index in [1.807, 2.05) is 13.8 Å². The van der Waals surface area contributed by atoms with E-state index in [-0.39, 0.29) is 11.8 Å². The van der Waals surface area contributed by atoms with Gasteiger partial charge in [-0.05, 0) is 64.7 Å². The van der Waals surface area contributed by atoms with Gasteiger partial charge >= 0.3 is 0 Å². The van der Waals surface area contributed by atoms with Gasteiger partial charge in [0.1, 0.15) is 0 Å². The largest absolute Gasteiger partial charge is 0.352 e. The Morgan fingerprint density at radius 3 is 1.50 bits per heavy atom. The molecule has 0 bridgehead atoms. The molecule has 6 nitrogen and oxygen atoms in total.